The molecule has 1 heterocycles. The van der Waals surface area contributed by atoms with E-state index in [0.717, 1.165) is 12.5 Å². The van der Waals surface area contributed by atoms with Crippen molar-refractivity contribution in [2.75, 3.05) is 31.5 Å². The molecule has 2 nitrogen and oxygen atoms in total. The van der Waals surface area contributed by atoms with Crippen molar-refractivity contribution in [1.29, 1.82) is 0 Å². The molecule has 0 aliphatic carbocycles. The summed E-state index contributed by atoms with van der Waals surface area (Å²) in [6.07, 6.45) is 4.14. The molecule has 18 heavy (non-hydrogen) atoms. The largest absolute Gasteiger partial charge is 0.384 e. The van der Waals surface area contributed by atoms with Crippen molar-refractivity contribution >= 4 is 5.69 Å². The normalized spacial score (nSPS) is 20.9. The van der Waals surface area contributed by atoms with Crippen molar-refractivity contribution in [2.24, 2.45) is 5.92 Å². The van der Waals surface area contributed by atoms with Crippen molar-refractivity contribution in [3.8, 4) is 0 Å². The highest BCUT2D eigenvalue weighted by Gasteiger charge is 2.17. The molecule has 1 aliphatic rings. The Hall–Kier alpha value is -1.02. The van der Waals surface area contributed by atoms with Crippen molar-refractivity contribution < 1.29 is 0 Å². The summed E-state index contributed by atoms with van der Waals surface area (Å²) in [5.41, 5.74) is 2.56. The first-order chi connectivity index (χ1) is 8.78. The number of benzene rings is 1. The van der Waals surface area contributed by atoms with E-state index in [0.29, 0.717) is 0 Å². The van der Waals surface area contributed by atoms with Crippen LogP contribution in [-0.2, 0) is 0 Å². The fourth-order valence-corrected chi connectivity index (χ4v) is 2.72. The third-order valence-corrected chi connectivity index (χ3v) is 3.99. The van der Waals surface area contributed by atoms with Crippen molar-refractivity contribution in [3.05, 3.63) is 29.8 Å². The molecule has 1 aliphatic heterocycles. The average Bonchev–Trinajstić information content (AvgIpc) is 2.41. The zero-order chi connectivity index (χ0) is 12.8. The second-order valence-electron chi connectivity index (χ2n) is 5.51. The van der Waals surface area contributed by atoms with Gasteiger partial charge in [-0.05, 0) is 44.4 Å². The molecule has 0 amide bonds. The van der Waals surface area contributed by atoms with Crippen LogP contribution in [0, 0.1) is 12.8 Å². The Kier molecular flexibility index (Phi) is 5.06. The highest BCUT2D eigenvalue weighted by molar-refractivity contribution is 5.44. The van der Waals surface area contributed by atoms with Gasteiger partial charge in [0.25, 0.3) is 0 Å². The van der Waals surface area contributed by atoms with Crippen LogP contribution >= 0.6 is 0 Å². The molecule has 1 N–H and O–H groups in total. The first kappa shape index (κ1) is 13.4. The number of anilines is 1. The van der Waals surface area contributed by atoms with E-state index < -0.39 is 0 Å². The molecular formula is C16H26N2. The minimum Gasteiger partial charge on any atom is -0.384 e. The van der Waals surface area contributed by atoms with Gasteiger partial charge in [0.05, 0.1) is 0 Å². The van der Waals surface area contributed by atoms with Crippen LogP contribution in [0.1, 0.15) is 31.7 Å². The van der Waals surface area contributed by atoms with E-state index in [1.165, 1.54) is 50.1 Å². The third-order valence-electron chi connectivity index (χ3n) is 3.99. The van der Waals surface area contributed by atoms with Crippen LogP contribution in [0.15, 0.2) is 24.3 Å². The minimum atomic E-state index is 0.929. The molecule has 0 bridgehead atoms. The highest BCUT2D eigenvalue weighted by Crippen LogP contribution is 2.18. The lowest BCUT2D eigenvalue weighted by atomic mass is 9.96. The van der Waals surface area contributed by atoms with Gasteiger partial charge < -0.3 is 10.2 Å². The van der Waals surface area contributed by atoms with Gasteiger partial charge in [-0.25, -0.2) is 0 Å². The number of likely N-dealkylation sites (tertiary alicyclic amines) is 1. The maximum atomic E-state index is 3.51. The number of nitrogens with one attached hydrogen (secondary N) is 1. The molecule has 100 valence electrons. The maximum Gasteiger partial charge on any atom is 0.0340 e. The summed E-state index contributed by atoms with van der Waals surface area (Å²) in [6, 6.07) is 8.66. The molecule has 1 saturated heterocycles. The summed E-state index contributed by atoms with van der Waals surface area (Å²) in [6.45, 7) is 9.25. The Morgan fingerprint density at radius 1 is 1.28 bits per heavy atom. The molecule has 0 saturated carbocycles. The van der Waals surface area contributed by atoms with Gasteiger partial charge in [0, 0.05) is 25.3 Å². The van der Waals surface area contributed by atoms with Gasteiger partial charge in [-0.2, -0.15) is 0 Å². The van der Waals surface area contributed by atoms with Gasteiger partial charge in [0.15, 0.2) is 0 Å². The van der Waals surface area contributed by atoms with Gasteiger partial charge in [-0.3, -0.25) is 0 Å². The lowest BCUT2D eigenvalue weighted by molar-refractivity contribution is 0.177. The first-order valence-electron chi connectivity index (χ1n) is 7.31. The molecule has 0 aromatic heterocycles. The van der Waals surface area contributed by atoms with E-state index >= 15 is 0 Å². The molecular weight excluding hydrogens is 220 g/mol. The molecule has 2 rings (SSSR count). The maximum absolute atomic E-state index is 3.51. The predicted molar refractivity (Wildman–Crippen MR) is 79.1 cm³/mol. The topological polar surface area (TPSA) is 15.3 Å². The fourth-order valence-electron chi connectivity index (χ4n) is 2.72. The zero-order valence-corrected chi connectivity index (χ0v) is 11.8. The van der Waals surface area contributed by atoms with Crippen molar-refractivity contribution in [3.63, 3.8) is 0 Å². The lowest BCUT2D eigenvalue weighted by Crippen LogP contribution is -2.38. The van der Waals surface area contributed by atoms with E-state index in [1.807, 2.05) is 0 Å². The number of piperidine rings is 1. The molecule has 1 fully saturated rings. The molecule has 2 heteroatoms. The fraction of sp³-hybridized carbons (Fsp3) is 0.625. The van der Waals surface area contributed by atoms with Gasteiger partial charge in [0.1, 0.15) is 0 Å². The van der Waals surface area contributed by atoms with Crippen LogP contribution in [0.5, 0.6) is 0 Å². The second kappa shape index (κ2) is 6.79. The highest BCUT2D eigenvalue weighted by atomic mass is 15.1. The van der Waals surface area contributed by atoms with Crippen LogP contribution < -0.4 is 5.32 Å². The quantitative estimate of drug-likeness (QED) is 0.855. The van der Waals surface area contributed by atoms with Crippen LogP contribution in [0.3, 0.4) is 0 Å². The van der Waals surface area contributed by atoms with Crippen LogP contribution in [0.25, 0.3) is 0 Å². The third kappa shape index (κ3) is 4.02. The zero-order valence-electron chi connectivity index (χ0n) is 11.8. The SMILES string of the molecule is CCC1CCCN(CCNc2ccc(C)cc2)C1. The summed E-state index contributed by atoms with van der Waals surface area (Å²) < 4.78 is 0. The summed E-state index contributed by atoms with van der Waals surface area (Å²) >= 11 is 0. The van der Waals surface area contributed by atoms with E-state index in [4.69, 9.17) is 0 Å². The average molecular weight is 246 g/mol. The smallest absolute Gasteiger partial charge is 0.0340 e. The molecule has 1 unspecified atom stereocenters. The van der Waals surface area contributed by atoms with E-state index in [1.54, 1.807) is 0 Å². The van der Waals surface area contributed by atoms with Crippen LogP contribution in [0.2, 0.25) is 0 Å². The molecule has 0 spiro atoms. The number of rotatable bonds is 5. The number of aryl methyl sites for hydroxylation is 1. The summed E-state index contributed by atoms with van der Waals surface area (Å²) in [5, 5.41) is 3.51. The van der Waals surface area contributed by atoms with Gasteiger partial charge in [0.2, 0.25) is 0 Å². The van der Waals surface area contributed by atoms with E-state index in [-0.39, 0.29) is 0 Å². The summed E-state index contributed by atoms with van der Waals surface area (Å²) in [4.78, 5) is 2.61. The monoisotopic (exact) mass is 246 g/mol. The summed E-state index contributed by atoms with van der Waals surface area (Å²) in [5.74, 6) is 0.929. The van der Waals surface area contributed by atoms with Crippen LogP contribution in [-0.4, -0.2) is 31.1 Å². The molecule has 1 atom stereocenters. The lowest BCUT2D eigenvalue weighted by Gasteiger charge is -2.32. The van der Waals surface area contributed by atoms with E-state index in [2.05, 4.69) is 48.3 Å². The first-order valence-corrected chi connectivity index (χ1v) is 7.31. The van der Waals surface area contributed by atoms with E-state index in [9.17, 15) is 0 Å². The Balaban J connectivity index is 1.70. The number of nitrogens with zero attached hydrogens (tertiary/aromatic N) is 1. The Morgan fingerprint density at radius 3 is 2.78 bits per heavy atom. The number of hydrogen-bond donors (Lipinski definition) is 1. The van der Waals surface area contributed by atoms with Gasteiger partial charge >= 0.3 is 0 Å². The Labute approximate surface area is 111 Å². The predicted octanol–water partition coefficient (Wildman–Crippen LogP) is 3.53. The Bertz CT molecular complexity index is 345. The minimum absolute atomic E-state index is 0.929. The Morgan fingerprint density at radius 2 is 2.06 bits per heavy atom. The van der Waals surface area contributed by atoms with Gasteiger partial charge in [-0.1, -0.05) is 31.0 Å². The number of hydrogen-bond acceptors (Lipinski definition) is 2. The molecule has 1 aromatic rings. The van der Waals surface area contributed by atoms with Crippen LogP contribution in [0.4, 0.5) is 5.69 Å². The molecule has 1 aromatic carbocycles. The summed E-state index contributed by atoms with van der Waals surface area (Å²) in [7, 11) is 0. The van der Waals surface area contributed by atoms with Gasteiger partial charge in [-0.15, -0.1) is 0 Å². The van der Waals surface area contributed by atoms with Crippen molar-refractivity contribution in [1.82, 2.24) is 4.90 Å². The van der Waals surface area contributed by atoms with Crippen molar-refractivity contribution in [2.45, 2.75) is 33.1 Å². The molecule has 0 radical (unpaired) electrons. The second-order valence-corrected chi connectivity index (χ2v) is 5.51. The standard InChI is InChI=1S/C16H26N2/c1-3-15-5-4-11-18(13-15)12-10-17-16-8-6-14(2)7-9-16/h6-9,15,17H,3-5,10-13H2,1-2H3.